The van der Waals surface area contributed by atoms with Gasteiger partial charge in [-0.15, -0.1) is 0 Å². The molecule has 1 aromatic heterocycles. The number of halogens is 2. The first-order valence-electron chi connectivity index (χ1n) is 10.0. The van der Waals surface area contributed by atoms with Crippen LogP contribution in [0.1, 0.15) is 37.6 Å². The fraction of sp³-hybridized carbons (Fsp3) is 0.261. The Morgan fingerprint density at radius 3 is 2.56 bits per heavy atom. The standard InChI is InChI=1S/C23H20BrClN2O5/c1-31-9-10-32-8-4-7-27-16-11-14(13-5-2-3-6-15(13)25)18-20(23(30)26-22(18)29)19(16)21(24)17(27)12-28/h2-3,5-6,11-12H,4,7-10H2,1H3,(H,26,29,30). The number of methoxy groups -OCH3 is 1. The molecule has 0 saturated carbocycles. The zero-order valence-electron chi connectivity index (χ0n) is 17.2. The first kappa shape index (κ1) is 22.7. The summed E-state index contributed by atoms with van der Waals surface area (Å²) < 4.78 is 12.8. The molecule has 2 aromatic carbocycles. The number of carbonyl (C=O) groups is 3. The van der Waals surface area contributed by atoms with Crippen LogP contribution in [0.15, 0.2) is 34.8 Å². The third-order valence-electron chi connectivity index (χ3n) is 5.39. The van der Waals surface area contributed by atoms with Crippen LogP contribution in [-0.2, 0) is 16.0 Å². The summed E-state index contributed by atoms with van der Waals surface area (Å²) >= 11 is 9.91. The molecular formula is C23H20BrClN2O5. The van der Waals surface area contributed by atoms with Gasteiger partial charge in [-0.1, -0.05) is 29.8 Å². The summed E-state index contributed by atoms with van der Waals surface area (Å²) in [6, 6.07) is 8.95. The maximum absolute atomic E-state index is 12.8. The summed E-state index contributed by atoms with van der Waals surface area (Å²) in [5.41, 5.74) is 2.73. The third-order valence-corrected chi connectivity index (χ3v) is 6.52. The maximum atomic E-state index is 12.8. The van der Waals surface area contributed by atoms with E-state index in [9.17, 15) is 14.4 Å². The molecule has 1 aliphatic rings. The lowest BCUT2D eigenvalue weighted by molar-refractivity contribution is 0.0680. The second-order valence-electron chi connectivity index (χ2n) is 7.26. The molecular weight excluding hydrogens is 500 g/mol. The molecule has 166 valence electrons. The molecule has 0 aliphatic carbocycles. The van der Waals surface area contributed by atoms with E-state index in [-0.39, 0.29) is 11.1 Å². The fourth-order valence-corrected chi connectivity index (χ4v) is 4.93. The van der Waals surface area contributed by atoms with Crippen LogP contribution in [0.4, 0.5) is 0 Å². The van der Waals surface area contributed by atoms with Crippen LogP contribution in [0.2, 0.25) is 5.02 Å². The number of aldehydes is 1. The van der Waals surface area contributed by atoms with Crippen LogP contribution in [0.25, 0.3) is 22.0 Å². The van der Waals surface area contributed by atoms with Crippen molar-refractivity contribution in [3.63, 3.8) is 0 Å². The number of amides is 2. The van der Waals surface area contributed by atoms with Crippen molar-refractivity contribution in [2.24, 2.45) is 0 Å². The number of hydrogen-bond donors (Lipinski definition) is 1. The van der Waals surface area contributed by atoms with Crippen molar-refractivity contribution in [3.05, 3.63) is 56.6 Å². The van der Waals surface area contributed by atoms with E-state index in [2.05, 4.69) is 21.2 Å². The van der Waals surface area contributed by atoms with Crippen molar-refractivity contribution in [2.75, 3.05) is 26.9 Å². The van der Waals surface area contributed by atoms with Gasteiger partial charge in [-0.25, -0.2) is 0 Å². The molecule has 9 heteroatoms. The number of nitrogens with zero attached hydrogens (tertiary/aromatic N) is 1. The summed E-state index contributed by atoms with van der Waals surface area (Å²) in [5, 5.41) is 3.37. The van der Waals surface area contributed by atoms with Gasteiger partial charge in [0.1, 0.15) is 0 Å². The van der Waals surface area contributed by atoms with Gasteiger partial charge in [0, 0.05) is 36.2 Å². The Hall–Kier alpha value is -2.52. The molecule has 2 heterocycles. The van der Waals surface area contributed by atoms with Crippen LogP contribution in [0, 0.1) is 0 Å². The molecule has 0 spiro atoms. The van der Waals surface area contributed by atoms with E-state index >= 15 is 0 Å². The van der Waals surface area contributed by atoms with E-state index < -0.39 is 11.8 Å². The van der Waals surface area contributed by atoms with Crippen molar-refractivity contribution < 1.29 is 23.9 Å². The number of hydrogen-bond acceptors (Lipinski definition) is 5. The van der Waals surface area contributed by atoms with Crippen LogP contribution in [0.3, 0.4) is 0 Å². The van der Waals surface area contributed by atoms with Crippen LogP contribution in [0.5, 0.6) is 0 Å². The smallest absolute Gasteiger partial charge is 0.259 e. The highest BCUT2D eigenvalue weighted by molar-refractivity contribution is 9.10. The second kappa shape index (κ2) is 9.54. The Bertz CT molecular complexity index is 1240. The zero-order chi connectivity index (χ0) is 22.8. The van der Waals surface area contributed by atoms with Gasteiger partial charge in [0.15, 0.2) is 6.29 Å². The molecule has 0 bridgehead atoms. The SMILES string of the molecule is COCCOCCCn1c(C=O)c(Br)c2c3c(c(-c4ccccc4Cl)cc21)C(=O)NC3=O. The van der Waals surface area contributed by atoms with Crippen molar-refractivity contribution in [3.8, 4) is 11.1 Å². The first-order chi connectivity index (χ1) is 15.5. The average molecular weight is 520 g/mol. The van der Waals surface area contributed by atoms with E-state index in [0.717, 1.165) is 6.29 Å². The van der Waals surface area contributed by atoms with Crippen LogP contribution >= 0.6 is 27.5 Å². The summed E-state index contributed by atoms with van der Waals surface area (Å²) in [7, 11) is 1.61. The number of imide groups is 1. The van der Waals surface area contributed by atoms with Crippen LogP contribution < -0.4 is 5.32 Å². The molecule has 32 heavy (non-hydrogen) atoms. The highest BCUT2D eigenvalue weighted by atomic mass is 79.9. The van der Waals surface area contributed by atoms with Crippen molar-refractivity contribution in [1.29, 1.82) is 0 Å². The number of ether oxygens (including phenoxy) is 2. The Kier molecular flexibility index (Phi) is 6.76. The minimum atomic E-state index is -0.498. The molecule has 0 radical (unpaired) electrons. The van der Waals surface area contributed by atoms with Gasteiger partial charge in [-0.3, -0.25) is 19.7 Å². The number of rotatable bonds is 9. The summed E-state index contributed by atoms with van der Waals surface area (Å²) in [4.78, 5) is 37.4. The fourth-order valence-electron chi connectivity index (χ4n) is 3.99. The van der Waals surface area contributed by atoms with E-state index in [4.69, 9.17) is 21.1 Å². The predicted molar refractivity (Wildman–Crippen MR) is 125 cm³/mol. The Morgan fingerprint density at radius 1 is 1.09 bits per heavy atom. The van der Waals surface area contributed by atoms with Gasteiger partial charge < -0.3 is 14.0 Å². The monoisotopic (exact) mass is 518 g/mol. The number of fused-ring (bicyclic) bond motifs is 3. The molecule has 7 nitrogen and oxygen atoms in total. The van der Waals surface area contributed by atoms with Gasteiger partial charge >= 0.3 is 0 Å². The number of nitrogens with one attached hydrogen (secondary N) is 1. The van der Waals surface area contributed by atoms with Crippen molar-refractivity contribution in [1.82, 2.24) is 9.88 Å². The molecule has 1 N–H and O–H groups in total. The van der Waals surface area contributed by atoms with Gasteiger partial charge in [-0.2, -0.15) is 0 Å². The lowest BCUT2D eigenvalue weighted by Gasteiger charge is -2.12. The molecule has 1 aliphatic heterocycles. The molecule has 3 aromatic rings. The maximum Gasteiger partial charge on any atom is 0.259 e. The lowest BCUT2D eigenvalue weighted by atomic mass is 9.94. The minimum absolute atomic E-state index is 0.243. The van der Waals surface area contributed by atoms with Gasteiger partial charge in [0.05, 0.1) is 40.0 Å². The third kappa shape index (κ3) is 3.88. The summed E-state index contributed by atoms with van der Waals surface area (Å²) in [5.74, 6) is -0.984. The quantitative estimate of drug-likeness (QED) is 0.256. The van der Waals surface area contributed by atoms with E-state index in [1.807, 2.05) is 16.7 Å². The zero-order valence-corrected chi connectivity index (χ0v) is 19.6. The Morgan fingerprint density at radius 2 is 1.84 bits per heavy atom. The Labute approximate surface area is 197 Å². The second-order valence-corrected chi connectivity index (χ2v) is 8.46. The summed E-state index contributed by atoms with van der Waals surface area (Å²) in [6.07, 6.45) is 1.39. The minimum Gasteiger partial charge on any atom is -0.382 e. The highest BCUT2D eigenvalue weighted by Crippen LogP contribution is 2.42. The van der Waals surface area contributed by atoms with E-state index in [1.54, 1.807) is 25.3 Å². The summed E-state index contributed by atoms with van der Waals surface area (Å²) in [6.45, 7) is 1.97. The number of carbonyl (C=O) groups excluding carboxylic acids is 3. The molecule has 0 fully saturated rings. The molecule has 0 saturated heterocycles. The van der Waals surface area contributed by atoms with Gasteiger partial charge in [-0.05, 0) is 40.0 Å². The first-order valence-corrected chi connectivity index (χ1v) is 11.2. The largest absolute Gasteiger partial charge is 0.382 e. The molecule has 0 unspecified atom stereocenters. The van der Waals surface area contributed by atoms with Crippen LogP contribution in [-0.4, -0.2) is 49.6 Å². The topological polar surface area (TPSA) is 86.6 Å². The average Bonchev–Trinajstić information content (AvgIpc) is 3.23. The van der Waals surface area contributed by atoms with E-state index in [1.165, 1.54) is 0 Å². The Balaban J connectivity index is 1.89. The van der Waals surface area contributed by atoms with Crippen molar-refractivity contribution >= 4 is 56.5 Å². The predicted octanol–water partition coefficient (Wildman–Crippen LogP) is 4.47. The number of benzene rings is 2. The lowest BCUT2D eigenvalue weighted by Crippen LogP contribution is -2.20. The highest BCUT2D eigenvalue weighted by Gasteiger charge is 2.35. The van der Waals surface area contributed by atoms with Crippen molar-refractivity contribution in [2.45, 2.75) is 13.0 Å². The molecule has 4 rings (SSSR count). The number of aryl methyl sites for hydroxylation is 1. The normalized spacial score (nSPS) is 13.0. The number of aromatic nitrogens is 1. The van der Waals surface area contributed by atoms with E-state index in [0.29, 0.717) is 70.0 Å². The van der Waals surface area contributed by atoms with Gasteiger partial charge in [0.2, 0.25) is 0 Å². The molecule has 0 atom stereocenters. The molecule has 2 amide bonds. The van der Waals surface area contributed by atoms with Gasteiger partial charge in [0.25, 0.3) is 11.8 Å².